The topological polar surface area (TPSA) is 61.3 Å². The number of hydrogen-bond donors (Lipinski definition) is 2. The Morgan fingerprint density at radius 3 is 2.91 bits per heavy atom. The van der Waals surface area contributed by atoms with Gasteiger partial charge in [-0.25, -0.2) is 14.4 Å². The summed E-state index contributed by atoms with van der Waals surface area (Å²) in [6.07, 6.45) is 3.97. The third-order valence-electron chi connectivity index (χ3n) is 4.12. The summed E-state index contributed by atoms with van der Waals surface area (Å²) < 4.78 is 13.7. The summed E-state index contributed by atoms with van der Waals surface area (Å²) in [6.45, 7) is 3.70. The number of anilines is 1. The summed E-state index contributed by atoms with van der Waals surface area (Å²) in [7, 11) is 0. The molecule has 6 heteroatoms. The zero-order valence-corrected chi connectivity index (χ0v) is 12.5. The molecule has 118 valence electrons. The lowest BCUT2D eigenvalue weighted by molar-refractivity contribution is 0.0825. The molecule has 1 aromatic carbocycles. The van der Waals surface area contributed by atoms with Gasteiger partial charge in [0.1, 0.15) is 23.5 Å². The van der Waals surface area contributed by atoms with Gasteiger partial charge in [0.2, 0.25) is 0 Å². The zero-order chi connectivity index (χ0) is 15.4. The molecule has 0 unspecified atom stereocenters. The van der Waals surface area contributed by atoms with Gasteiger partial charge in [0, 0.05) is 25.0 Å². The van der Waals surface area contributed by atoms with E-state index >= 15 is 0 Å². The lowest BCUT2D eigenvalue weighted by Crippen LogP contribution is -2.36. The molecule has 0 spiro atoms. The summed E-state index contributed by atoms with van der Waals surface area (Å²) >= 11 is 0. The van der Waals surface area contributed by atoms with Gasteiger partial charge in [-0.1, -0.05) is 6.07 Å². The van der Waals surface area contributed by atoms with Crippen LogP contribution in [0.2, 0.25) is 0 Å². The van der Waals surface area contributed by atoms with Crippen LogP contribution >= 0.6 is 0 Å². The van der Waals surface area contributed by atoms with Crippen molar-refractivity contribution in [2.24, 2.45) is 0 Å². The number of aliphatic hydroxyl groups excluding tert-OH is 1. The zero-order valence-electron chi connectivity index (χ0n) is 12.5. The summed E-state index contributed by atoms with van der Waals surface area (Å²) in [5, 5.41) is 13.5. The van der Waals surface area contributed by atoms with Gasteiger partial charge in [-0.3, -0.25) is 0 Å². The maximum atomic E-state index is 13.7. The van der Waals surface area contributed by atoms with E-state index in [-0.39, 0.29) is 11.9 Å². The molecule has 3 rings (SSSR count). The molecule has 5 nitrogen and oxygen atoms in total. The Hall–Kier alpha value is -1.79. The number of aromatic nitrogens is 2. The fraction of sp³-hybridized carbons (Fsp3) is 0.500. The molecule has 0 saturated carbocycles. The number of piperidine rings is 1. The van der Waals surface area contributed by atoms with Crippen LogP contribution in [0, 0.1) is 5.82 Å². The van der Waals surface area contributed by atoms with Gasteiger partial charge in [-0.2, -0.15) is 0 Å². The van der Waals surface area contributed by atoms with Crippen molar-refractivity contribution in [2.75, 3.05) is 31.5 Å². The first-order chi connectivity index (χ1) is 10.7. The molecule has 2 heterocycles. The van der Waals surface area contributed by atoms with Gasteiger partial charge < -0.3 is 15.3 Å². The Morgan fingerprint density at radius 2 is 2.09 bits per heavy atom. The average Bonchev–Trinajstić information content (AvgIpc) is 2.54. The summed E-state index contributed by atoms with van der Waals surface area (Å²) in [5.41, 5.74) is 0.352. The molecule has 1 aromatic heterocycles. The summed E-state index contributed by atoms with van der Waals surface area (Å²) in [5.74, 6) is 0.355. The van der Waals surface area contributed by atoms with Crippen molar-refractivity contribution in [1.29, 1.82) is 0 Å². The number of nitrogens with one attached hydrogen (secondary N) is 1. The second-order valence-electron chi connectivity index (χ2n) is 5.71. The Balaban J connectivity index is 1.53. The van der Waals surface area contributed by atoms with E-state index in [4.69, 9.17) is 0 Å². The van der Waals surface area contributed by atoms with E-state index in [9.17, 15) is 9.50 Å². The van der Waals surface area contributed by atoms with Crippen LogP contribution in [0.3, 0.4) is 0 Å². The Kier molecular flexibility index (Phi) is 4.80. The molecular weight excluding hydrogens is 283 g/mol. The molecule has 0 radical (unpaired) electrons. The van der Waals surface area contributed by atoms with Crippen molar-refractivity contribution in [3.63, 3.8) is 0 Å². The summed E-state index contributed by atoms with van der Waals surface area (Å²) in [4.78, 5) is 10.6. The molecule has 0 bridgehead atoms. The van der Waals surface area contributed by atoms with Crippen molar-refractivity contribution in [1.82, 2.24) is 14.9 Å². The van der Waals surface area contributed by atoms with Crippen molar-refractivity contribution in [2.45, 2.75) is 25.4 Å². The molecule has 0 amide bonds. The van der Waals surface area contributed by atoms with Crippen molar-refractivity contribution in [3.05, 3.63) is 30.3 Å². The molecule has 0 aliphatic carbocycles. The second kappa shape index (κ2) is 6.98. The minimum atomic E-state index is -0.324. The highest BCUT2D eigenvalue weighted by Gasteiger charge is 2.16. The van der Waals surface area contributed by atoms with Crippen molar-refractivity contribution >= 4 is 16.7 Å². The number of aliphatic hydroxyl groups is 1. The molecule has 1 aliphatic rings. The molecule has 1 aliphatic heterocycles. The van der Waals surface area contributed by atoms with Crippen LogP contribution in [0.15, 0.2) is 24.5 Å². The van der Waals surface area contributed by atoms with Gasteiger partial charge >= 0.3 is 0 Å². The SMILES string of the molecule is OC1CCN(CCCNc2ncnc3c(F)cccc23)CC1. The van der Waals surface area contributed by atoms with Crippen LogP contribution in [-0.4, -0.2) is 52.3 Å². The third kappa shape index (κ3) is 3.51. The van der Waals surface area contributed by atoms with Crippen LogP contribution < -0.4 is 5.32 Å². The van der Waals surface area contributed by atoms with E-state index in [1.54, 1.807) is 6.07 Å². The first-order valence-corrected chi connectivity index (χ1v) is 7.77. The van der Waals surface area contributed by atoms with Gasteiger partial charge in [-0.15, -0.1) is 0 Å². The fourth-order valence-electron chi connectivity index (χ4n) is 2.84. The normalized spacial score (nSPS) is 17.0. The number of benzene rings is 1. The van der Waals surface area contributed by atoms with Crippen LogP contribution in [0.4, 0.5) is 10.2 Å². The molecular formula is C16H21FN4O. The number of para-hydroxylation sites is 1. The van der Waals surface area contributed by atoms with Gasteiger partial charge in [0.25, 0.3) is 0 Å². The lowest BCUT2D eigenvalue weighted by Gasteiger charge is -2.29. The highest BCUT2D eigenvalue weighted by Crippen LogP contribution is 2.21. The third-order valence-corrected chi connectivity index (χ3v) is 4.12. The quantitative estimate of drug-likeness (QED) is 0.828. The Bertz CT molecular complexity index is 629. The lowest BCUT2D eigenvalue weighted by atomic mass is 10.1. The molecule has 2 aromatic rings. The van der Waals surface area contributed by atoms with Crippen molar-refractivity contribution < 1.29 is 9.50 Å². The number of nitrogens with zero attached hydrogens (tertiary/aromatic N) is 3. The number of halogens is 1. The van der Waals surface area contributed by atoms with Crippen molar-refractivity contribution in [3.8, 4) is 0 Å². The largest absolute Gasteiger partial charge is 0.393 e. The first-order valence-electron chi connectivity index (χ1n) is 7.77. The highest BCUT2D eigenvalue weighted by molar-refractivity contribution is 5.89. The minimum Gasteiger partial charge on any atom is -0.393 e. The first kappa shape index (κ1) is 15.1. The fourth-order valence-corrected chi connectivity index (χ4v) is 2.84. The molecule has 1 fully saturated rings. The number of likely N-dealkylation sites (tertiary alicyclic amines) is 1. The molecule has 22 heavy (non-hydrogen) atoms. The number of hydrogen-bond acceptors (Lipinski definition) is 5. The molecule has 1 saturated heterocycles. The Labute approximate surface area is 129 Å². The summed E-state index contributed by atoms with van der Waals surface area (Å²) in [6, 6.07) is 4.90. The number of fused-ring (bicyclic) bond motifs is 1. The smallest absolute Gasteiger partial charge is 0.149 e. The standard InChI is InChI=1S/C16H21FN4O/c17-14-4-1-3-13-15(14)19-11-20-16(13)18-7-2-8-21-9-5-12(22)6-10-21/h1,3-4,11-12,22H,2,5-10H2,(H,18,19,20). The van der Waals surface area contributed by atoms with E-state index < -0.39 is 0 Å². The maximum absolute atomic E-state index is 13.7. The van der Waals surface area contributed by atoms with E-state index in [1.807, 2.05) is 6.07 Å². The van der Waals surface area contributed by atoms with Gasteiger partial charge in [0.15, 0.2) is 0 Å². The van der Waals surface area contributed by atoms with E-state index in [0.717, 1.165) is 45.4 Å². The van der Waals surface area contributed by atoms with E-state index in [0.29, 0.717) is 16.7 Å². The van der Waals surface area contributed by atoms with E-state index in [1.165, 1.54) is 12.4 Å². The van der Waals surface area contributed by atoms with Crippen LogP contribution in [0.1, 0.15) is 19.3 Å². The van der Waals surface area contributed by atoms with Gasteiger partial charge in [0.05, 0.1) is 6.10 Å². The van der Waals surface area contributed by atoms with Gasteiger partial charge in [-0.05, 0) is 37.9 Å². The molecule has 2 N–H and O–H groups in total. The van der Waals surface area contributed by atoms with Crippen LogP contribution in [0.5, 0.6) is 0 Å². The predicted molar refractivity (Wildman–Crippen MR) is 84.3 cm³/mol. The number of rotatable bonds is 5. The predicted octanol–water partition coefficient (Wildman–Crippen LogP) is 2.03. The van der Waals surface area contributed by atoms with E-state index in [2.05, 4.69) is 20.2 Å². The average molecular weight is 304 g/mol. The van der Waals surface area contributed by atoms with Crippen LogP contribution in [0.25, 0.3) is 10.9 Å². The maximum Gasteiger partial charge on any atom is 0.149 e. The second-order valence-corrected chi connectivity index (χ2v) is 5.71. The highest BCUT2D eigenvalue weighted by atomic mass is 19.1. The molecule has 0 atom stereocenters. The monoisotopic (exact) mass is 304 g/mol. The Morgan fingerprint density at radius 1 is 1.27 bits per heavy atom. The van der Waals surface area contributed by atoms with Crippen LogP contribution in [-0.2, 0) is 0 Å². The minimum absolute atomic E-state index is 0.128.